The van der Waals surface area contributed by atoms with Crippen LogP contribution in [0.15, 0.2) is 42.5 Å². The molecular formula is C19H20F2N2O2. The van der Waals surface area contributed by atoms with E-state index in [0.29, 0.717) is 23.4 Å². The van der Waals surface area contributed by atoms with Crippen molar-refractivity contribution in [2.24, 2.45) is 0 Å². The lowest BCUT2D eigenvalue weighted by Gasteiger charge is -2.24. The van der Waals surface area contributed by atoms with Crippen molar-refractivity contribution < 1.29 is 18.7 Å². The summed E-state index contributed by atoms with van der Waals surface area (Å²) in [5.41, 5.74) is 1.38. The molecule has 0 spiro atoms. The van der Waals surface area contributed by atoms with Gasteiger partial charge >= 0.3 is 0 Å². The van der Waals surface area contributed by atoms with Crippen LogP contribution in [0.25, 0.3) is 0 Å². The molecule has 2 aromatic carbocycles. The second-order valence-corrected chi connectivity index (χ2v) is 6.11. The van der Waals surface area contributed by atoms with Crippen LogP contribution in [0.4, 0.5) is 14.5 Å². The van der Waals surface area contributed by atoms with Gasteiger partial charge in [0.05, 0.1) is 18.2 Å². The number of carbonyl (C=O) groups is 1. The third-order valence-electron chi connectivity index (χ3n) is 4.49. The lowest BCUT2D eigenvalue weighted by atomic mass is 10.1. The van der Waals surface area contributed by atoms with Crippen LogP contribution in [0.1, 0.15) is 28.8 Å². The highest BCUT2D eigenvalue weighted by molar-refractivity contribution is 5.99. The minimum atomic E-state index is -0.629. The number of carbonyl (C=O) groups excluding carboxylic acids is 1. The van der Waals surface area contributed by atoms with E-state index in [9.17, 15) is 18.7 Å². The number of halogens is 2. The van der Waals surface area contributed by atoms with E-state index in [1.165, 1.54) is 12.1 Å². The third kappa shape index (κ3) is 3.79. The molecule has 4 nitrogen and oxygen atoms in total. The summed E-state index contributed by atoms with van der Waals surface area (Å²) in [6, 6.07) is 10.3. The summed E-state index contributed by atoms with van der Waals surface area (Å²) >= 11 is 0. The van der Waals surface area contributed by atoms with Gasteiger partial charge in [0.1, 0.15) is 11.6 Å². The molecular weight excluding hydrogens is 326 g/mol. The molecule has 0 aliphatic carbocycles. The minimum Gasteiger partial charge on any atom is -0.394 e. The molecule has 132 valence electrons. The Morgan fingerprint density at radius 2 is 2.04 bits per heavy atom. The van der Waals surface area contributed by atoms with Crippen LogP contribution >= 0.6 is 0 Å². The van der Waals surface area contributed by atoms with E-state index in [2.05, 4.69) is 5.32 Å². The summed E-state index contributed by atoms with van der Waals surface area (Å²) in [5, 5.41) is 12.5. The second-order valence-electron chi connectivity index (χ2n) is 6.11. The summed E-state index contributed by atoms with van der Waals surface area (Å²) in [7, 11) is 0. The Morgan fingerprint density at radius 3 is 2.80 bits per heavy atom. The fourth-order valence-corrected chi connectivity index (χ4v) is 3.13. The molecule has 1 aliphatic rings. The molecule has 0 radical (unpaired) electrons. The van der Waals surface area contributed by atoms with Crippen molar-refractivity contribution in [2.75, 3.05) is 18.5 Å². The van der Waals surface area contributed by atoms with Gasteiger partial charge in [-0.3, -0.25) is 4.79 Å². The lowest BCUT2D eigenvalue weighted by molar-refractivity contribution is 0.0678. The van der Waals surface area contributed by atoms with Crippen LogP contribution in [0.5, 0.6) is 0 Å². The number of likely N-dealkylation sites (tertiary alicyclic amines) is 1. The van der Waals surface area contributed by atoms with Gasteiger partial charge in [-0.1, -0.05) is 18.2 Å². The predicted octanol–water partition coefficient (Wildman–Crippen LogP) is 3.17. The monoisotopic (exact) mass is 346 g/mol. The normalized spacial score (nSPS) is 16.9. The number of aliphatic hydroxyl groups excluding tert-OH is 1. The Morgan fingerprint density at radius 1 is 1.24 bits per heavy atom. The fourth-order valence-electron chi connectivity index (χ4n) is 3.13. The first kappa shape index (κ1) is 17.4. The number of amides is 1. The van der Waals surface area contributed by atoms with Crippen molar-refractivity contribution in [3.05, 3.63) is 65.2 Å². The van der Waals surface area contributed by atoms with Crippen molar-refractivity contribution in [3.8, 4) is 0 Å². The Kier molecular flexibility index (Phi) is 5.28. The number of benzene rings is 2. The van der Waals surface area contributed by atoms with Gasteiger partial charge in [0, 0.05) is 30.4 Å². The van der Waals surface area contributed by atoms with E-state index in [1.54, 1.807) is 29.2 Å². The first-order chi connectivity index (χ1) is 12.1. The third-order valence-corrected chi connectivity index (χ3v) is 4.49. The maximum Gasteiger partial charge on any atom is 0.256 e. The highest BCUT2D eigenvalue weighted by atomic mass is 19.1. The largest absolute Gasteiger partial charge is 0.394 e. The van der Waals surface area contributed by atoms with E-state index in [-0.39, 0.29) is 25.1 Å². The van der Waals surface area contributed by atoms with Crippen molar-refractivity contribution in [3.63, 3.8) is 0 Å². The van der Waals surface area contributed by atoms with E-state index in [1.807, 2.05) is 0 Å². The minimum absolute atomic E-state index is 0.0534. The number of rotatable bonds is 5. The van der Waals surface area contributed by atoms with Gasteiger partial charge in [0.2, 0.25) is 0 Å². The maximum absolute atomic E-state index is 13.8. The Bertz CT molecular complexity index is 767. The smallest absolute Gasteiger partial charge is 0.256 e. The zero-order chi connectivity index (χ0) is 17.8. The standard InChI is InChI=1S/C19H20F2N2O2/c20-14-8-7-13(17(21)10-14)11-22-18-6-2-1-5-16(18)19(25)23-9-3-4-15(23)12-24/h1-2,5-8,10,15,22,24H,3-4,9,11-12H2. The molecule has 6 heteroatoms. The van der Waals surface area contributed by atoms with Gasteiger partial charge in [0.25, 0.3) is 5.91 Å². The number of para-hydroxylation sites is 1. The Balaban J connectivity index is 1.78. The highest BCUT2D eigenvalue weighted by Crippen LogP contribution is 2.24. The molecule has 0 bridgehead atoms. The van der Waals surface area contributed by atoms with Crippen LogP contribution in [0, 0.1) is 11.6 Å². The van der Waals surface area contributed by atoms with Crippen LogP contribution < -0.4 is 5.32 Å². The zero-order valence-corrected chi connectivity index (χ0v) is 13.7. The van der Waals surface area contributed by atoms with E-state index in [0.717, 1.165) is 18.9 Å². The van der Waals surface area contributed by atoms with Crippen molar-refractivity contribution in [1.82, 2.24) is 4.90 Å². The van der Waals surface area contributed by atoms with Gasteiger partial charge < -0.3 is 15.3 Å². The molecule has 3 rings (SSSR count). The number of hydrogen-bond acceptors (Lipinski definition) is 3. The Hall–Kier alpha value is -2.47. The highest BCUT2D eigenvalue weighted by Gasteiger charge is 2.29. The van der Waals surface area contributed by atoms with Gasteiger partial charge in [-0.15, -0.1) is 0 Å². The Labute approximate surface area is 145 Å². The number of hydrogen-bond donors (Lipinski definition) is 2. The molecule has 1 atom stereocenters. The molecule has 1 saturated heterocycles. The molecule has 1 amide bonds. The molecule has 1 unspecified atom stereocenters. The van der Waals surface area contributed by atoms with Gasteiger partial charge in [-0.2, -0.15) is 0 Å². The number of anilines is 1. The van der Waals surface area contributed by atoms with Crippen molar-refractivity contribution in [2.45, 2.75) is 25.4 Å². The zero-order valence-electron chi connectivity index (χ0n) is 13.7. The fraction of sp³-hybridized carbons (Fsp3) is 0.316. The molecule has 2 aromatic rings. The quantitative estimate of drug-likeness (QED) is 0.874. The number of nitrogens with one attached hydrogen (secondary N) is 1. The average Bonchev–Trinajstić information content (AvgIpc) is 3.09. The van der Waals surface area contributed by atoms with Gasteiger partial charge in [0.15, 0.2) is 0 Å². The van der Waals surface area contributed by atoms with Crippen LogP contribution in [0.2, 0.25) is 0 Å². The number of nitrogens with zero attached hydrogens (tertiary/aromatic N) is 1. The second kappa shape index (κ2) is 7.61. The van der Waals surface area contributed by atoms with E-state index >= 15 is 0 Å². The average molecular weight is 346 g/mol. The van der Waals surface area contributed by atoms with E-state index < -0.39 is 11.6 Å². The van der Waals surface area contributed by atoms with Gasteiger partial charge in [-0.05, 0) is 31.0 Å². The summed E-state index contributed by atoms with van der Waals surface area (Å²) in [6.07, 6.45) is 1.66. The van der Waals surface area contributed by atoms with Crippen LogP contribution in [-0.4, -0.2) is 35.1 Å². The topological polar surface area (TPSA) is 52.6 Å². The molecule has 0 aromatic heterocycles. The van der Waals surface area contributed by atoms with Crippen LogP contribution in [-0.2, 0) is 6.54 Å². The molecule has 2 N–H and O–H groups in total. The predicted molar refractivity (Wildman–Crippen MR) is 91.3 cm³/mol. The first-order valence-corrected chi connectivity index (χ1v) is 8.29. The van der Waals surface area contributed by atoms with Gasteiger partial charge in [-0.25, -0.2) is 8.78 Å². The SMILES string of the molecule is O=C(c1ccccc1NCc1ccc(F)cc1F)N1CCCC1CO. The molecule has 0 saturated carbocycles. The van der Waals surface area contributed by atoms with Crippen molar-refractivity contribution in [1.29, 1.82) is 0 Å². The lowest BCUT2D eigenvalue weighted by Crippen LogP contribution is -2.37. The summed E-state index contributed by atoms with van der Waals surface area (Å²) in [4.78, 5) is 14.5. The first-order valence-electron chi connectivity index (χ1n) is 8.29. The van der Waals surface area contributed by atoms with E-state index in [4.69, 9.17) is 0 Å². The van der Waals surface area contributed by atoms with Crippen molar-refractivity contribution >= 4 is 11.6 Å². The maximum atomic E-state index is 13.8. The van der Waals surface area contributed by atoms with Crippen LogP contribution in [0.3, 0.4) is 0 Å². The summed E-state index contributed by atoms with van der Waals surface area (Å²) in [5.74, 6) is -1.41. The molecule has 1 aliphatic heterocycles. The molecule has 1 heterocycles. The summed E-state index contributed by atoms with van der Waals surface area (Å²) in [6.45, 7) is 0.701. The number of aliphatic hydroxyl groups is 1. The molecule has 25 heavy (non-hydrogen) atoms. The summed E-state index contributed by atoms with van der Waals surface area (Å²) < 4.78 is 26.8. The molecule has 1 fully saturated rings.